The lowest BCUT2D eigenvalue weighted by molar-refractivity contribution is 0.0962. The van der Waals surface area contributed by atoms with Crippen molar-refractivity contribution < 1.29 is 38.2 Å². The number of carbonyl (C=O) groups is 4. The van der Waals surface area contributed by atoms with Crippen molar-refractivity contribution in [2.45, 2.75) is 166 Å². The largest absolute Gasteiger partial charge is 0.472 e. The highest BCUT2D eigenvalue weighted by molar-refractivity contribution is 6.72. The van der Waals surface area contributed by atoms with Crippen molar-refractivity contribution in [1.29, 1.82) is 0 Å². The van der Waals surface area contributed by atoms with Gasteiger partial charge in [-0.3, -0.25) is 37.9 Å². The molecule has 0 bridgehead atoms. The van der Waals surface area contributed by atoms with Gasteiger partial charge in [-0.2, -0.15) is 20.4 Å². The molecule has 8 aromatic heterocycles. The van der Waals surface area contributed by atoms with Crippen LogP contribution < -0.4 is 34.8 Å². The van der Waals surface area contributed by atoms with Crippen LogP contribution in [0.1, 0.15) is 138 Å². The minimum absolute atomic E-state index is 0.00236. The number of aliphatic hydroxyl groups excluding tert-OH is 1. The molecular formula is C89H100Cl9N21O8Si. The third-order valence-corrected chi connectivity index (χ3v) is 26.8. The SMILES string of the molecule is CC(C)Cn1cc(-c2ccc(N(C[C@@H](C)O)C(=O)c3c(Cl)ncnc3Cl)cc2Cl)cn1.CC(C)Cn1cc(-c2ccc(N(C[C@@H](C)O[Si](C)(C)C(C)C)C(=O)c3c(Cl)ncnc3Cl)cc2Cl)cn1.CC(C)Cn1cc(-c2ccc(N3C[C@@H](C)Oc4ncnc(Cl)c4C3=O)cc2Cl)cn1.CC(C)Cn1cc(-c2ccc(N3C[C@@H](C)Oc4ncnc(N)c4C3=O)cc2Cl)cn1. The molecule has 14 rings (SSSR count). The van der Waals surface area contributed by atoms with E-state index in [4.69, 9.17) is 124 Å². The summed E-state index contributed by atoms with van der Waals surface area (Å²) in [5.41, 5.74) is 15.9. The van der Waals surface area contributed by atoms with E-state index in [9.17, 15) is 24.3 Å². The van der Waals surface area contributed by atoms with Crippen molar-refractivity contribution in [3.05, 3.63) is 216 Å². The lowest BCUT2D eigenvalue weighted by atomic mass is 10.1. The summed E-state index contributed by atoms with van der Waals surface area (Å²) in [6.45, 7) is 37.2. The van der Waals surface area contributed by atoms with E-state index in [0.717, 1.165) is 70.7 Å². The molecule has 2 aliphatic rings. The predicted molar refractivity (Wildman–Crippen MR) is 509 cm³/mol. The second-order valence-electron chi connectivity index (χ2n) is 33.5. The zero-order valence-corrected chi connectivity index (χ0v) is 81.2. The first-order chi connectivity index (χ1) is 60.6. The molecule has 4 amide bonds. The maximum absolute atomic E-state index is 13.8. The van der Waals surface area contributed by atoms with Crippen molar-refractivity contribution in [1.82, 2.24) is 79.0 Å². The summed E-state index contributed by atoms with van der Waals surface area (Å²) in [4.78, 5) is 91.0. The van der Waals surface area contributed by atoms with Crippen LogP contribution in [0.5, 0.6) is 11.8 Å². The summed E-state index contributed by atoms with van der Waals surface area (Å²) in [7, 11) is -1.97. The number of nitrogens with two attached hydrogens (primary N) is 1. The number of carbonyl (C=O) groups excluding carboxylic acids is 4. The van der Waals surface area contributed by atoms with E-state index in [0.29, 0.717) is 85.1 Å². The summed E-state index contributed by atoms with van der Waals surface area (Å²) < 4.78 is 25.6. The van der Waals surface area contributed by atoms with E-state index in [1.165, 1.54) is 30.2 Å². The Morgan fingerprint density at radius 3 is 1.12 bits per heavy atom. The Kier molecular flexibility index (Phi) is 33.6. The fourth-order valence-corrected chi connectivity index (χ4v) is 17.5. The molecule has 128 heavy (non-hydrogen) atoms. The quantitative estimate of drug-likeness (QED) is 0.0396. The van der Waals surface area contributed by atoms with Crippen LogP contribution in [0.25, 0.3) is 44.5 Å². The number of nitrogen functional groups attached to an aromatic ring is 1. The van der Waals surface area contributed by atoms with Crippen molar-refractivity contribution in [3.63, 3.8) is 0 Å². The molecule has 0 spiro atoms. The van der Waals surface area contributed by atoms with Gasteiger partial charge in [0.2, 0.25) is 11.8 Å². The van der Waals surface area contributed by atoms with Crippen LogP contribution in [0.15, 0.2) is 148 Å². The third-order valence-electron chi connectivity index (χ3n) is 20.3. The second kappa shape index (κ2) is 43.7. The zero-order chi connectivity index (χ0) is 93.0. The molecule has 3 N–H and O–H groups in total. The molecule has 0 saturated heterocycles. The molecule has 0 aliphatic carbocycles. The molecule has 39 heteroatoms. The van der Waals surface area contributed by atoms with Gasteiger partial charge < -0.3 is 44.3 Å². The number of amides is 4. The number of nitrogens with zero attached hydrogens (tertiary/aromatic N) is 20. The topological polar surface area (TPSA) is 330 Å². The average molecular weight is 1940 g/mol. The Hall–Kier alpha value is -9.93. The molecule has 676 valence electrons. The average Bonchev–Trinajstić information content (AvgIpc) is 1.62. The lowest BCUT2D eigenvalue weighted by Crippen LogP contribution is -2.44. The minimum atomic E-state index is -1.97. The number of benzene rings is 4. The van der Waals surface area contributed by atoms with Gasteiger partial charge in [-0.25, -0.2) is 39.9 Å². The van der Waals surface area contributed by atoms with E-state index < -0.39 is 26.2 Å². The first kappa shape index (κ1) is 98.7. The van der Waals surface area contributed by atoms with Crippen molar-refractivity contribution in [2.75, 3.05) is 51.5 Å². The Balaban J connectivity index is 0.000000166. The number of aliphatic hydroxyl groups is 1. The summed E-state index contributed by atoms with van der Waals surface area (Å²) >= 11 is 57.4. The number of hydrogen-bond acceptors (Lipinski definition) is 21. The van der Waals surface area contributed by atoms with Crippen molar-refractivity contribution in [2.24, 2.45) is 23.7 Å². The van der Waals surface area contributed by atoms with Crippen LogP contribution in [0, 0.1) is 23.7 Å². The minimum Gasteiger partial charge on any atom is -0.472 e. The second-order valence-corrected chi connectivity index (χ2v) is 41.6. The highest BCUT2D eigenvalue weighted by Crippen LogP contribution is 2.41. The Bertz CT molecular complexity index is 5740. The number of rotatable bonds is 25. The molecule has 12 aromatic rings. The van der Waals surface area contributed by atoms with Gasteiger partial charge in [0.1, 0.15) is 91.4 Å². The zero-order valence-electron chi connectivity index (χ0n) is 73.4. The van der Waals surface area contributed by atoms with Crippen LogP contribution >= 0.6 is 104 Å². The maximum Gasteiger partial charge on any atom is 0.267 e. The van der Waals surface area contributed by atoms with Gasteiger partial charge in [-0.15, -0.1) is 0 Å². The molecule has 0 unspecified atom stereocenters. The lowest BCUT2D eigenvalue weighted by Gasteiger charge is -2.34. The standard InChI is InChI=1S/C26H34Cl3N5O2Si.C21H22Cl3N5O2.C21H21Cl2N5O2.C21H23ClN6O2/c1-16(2)12-33-14-19(11-32-33)21-9-8-20(10-22(21)27)34(13-18(5)36-37(6,7)17(3)4)26(35)23-24(28)30-15-31-25(23)29;1-12(2)8-28-10-14(7-27-28)16-5-4-15(6-17(16)22)29(9-13(3)30)21(31)18-19(23)25-11-26-20(18)24;2*1-12(2)8-27-10-14(7-26-27)16-5-4-15(6-17(16)22)28-9-13(3)30-20-18(21(28)29)19(23)24-11-25-20/h8-11,14-18H,12-13H2,1-7H3;4-7,10-13,30H,8-9H2,1-3H3;4-7,10-13H,8-9H2,1-3H3;4-7,10-13H,8-9H2,1-3H3,(H2,23,24,25)/t18-;3*13-/m1111/s1. The smallest absolute Gasteiger partial charge is 0.267 e. The fourth-order valence-electron chi connectivity index (χ4n) is 13.8. The number of anilines is 5. The molecule has 0 fully saturated rings. The van der Waals surface area contributed by atoms with Crippen LogP contribution in [0.4, 0.5) is 28.6 Å². The summed E-state index contributed by atoms with van der Waals surface area (Å²) in [5.74, 6) is 0.788. The molecule has 0 radical (unpaired) electrons. The predicted octanol–water partition coefficient (Wildman–Crippen LogP) is 21.0. The number of ether oxygens (including phenoxy) is 2. The highest BCUT2D eigenvalue weighted by atomic mass is 35.5. The highest BCUT2D eigenvalue weighted by Gasteiger charge is 2.37. The Morgan fingerprint density at radius 2 is 0.781 bits per heavy atom. The van der Waals surface area contributed by atoms with E-state index in [-0.39, 0.29) is 109 Å². The van der Waals surface area contributed by atoms with Gasteiger partial charge in [0, 0.05) is 118 Å². The Labute approximate surface area is 789 Å². The maximum atomic E-state index is 13.8. The van der Waals surface area contributed by atoms with Gasteiger partial charge in [-0.05, 0) is 119 Å². The summed E-state index contributed by atoms with van der Waals surface area (Å²) in [6, 6.07) is 21.7. The summed E-state index contributed by atoms with van der Waals surface area (Å²) in [6.07, 6.45) is 18.3. The van der Waals surface area contributed by atoms with E-state index >= 15 is 0 Å². The van der Waals surface area contributed by atoms with Gasteiger partial charge in [0.15, 0.2) is 8.32 Å². The van der Waals surface area contributed by atoms with Gasteiger partial charge >= 0.3 is 0 Å². The van der Waals surface area contributed by atoms with E-state index in [2.05, 4.69) is 143 Å². The Morgan fingerprint density at radius 1 is 0.461 bits per heavy atom. The molecule has 29 nitrogen and oxygen atoms in total. The van der Waals surface area contributed by atoms with Gasteiger partial charge in [0.05, 0.1) is 83.3 Å². The number of hydrogen-bond donors (Lipinski definition) is 2. The van der Waals surface area contributed by atoms with E-state index in [1.54, 1.807) is 82.8 Å². The normalized spacial score (nSPS) is 14.4. The molecule has 4 aromatic carbocycles. The van der Waals surface area contributed by atoms with Crippen LogP contribution in [0.2, 0.25) is 64.5 Å². The van der Waals surface area contributed by atoms with Gasteiger partial charge in [0.25, 0.3) is 23.6 Å². The third kappa shape index (κ3) is 24.8. The van der Waals surface area contributed by atoms with E-state index in [1.807, 2.05) is 101 Å². The van der Waals surface area contributed by atoms with Crippen molar-refractivity contribution >= 4 is 165 Å². The van der Waals surface area contributed by atoms with Crippen LogP contribution in [0.3, 0.4) is 0 Å². The number of aromatic nitrogens is 16. The first-order valence-corrected chi connectivity index (χ1v) is 47.7. The molecule has 10 heterocycles. The molecule has 0 saturated carbocycles. The molecule has 4 atom stereocenters. The monoisotopic (exact) mass is 1930 g/mol. The van der Waals surface area contributed by atoms with Gasteiger partial charge in [-0.1, -0.05) is 198 Å². The first-order valence-electron chi connectivity index (χ1n) is 41.3. The summed E-state index contributed by atoms with van der Waals surface area (Å²) in [5, 5.41) is 29.5. The van der Waals surface area contributed by atoms with Crippen LogP contribution in [-0.4, -0.2) is 167 Å². The van der Waals surface area contributed by atoms with Crippen LogP contribution in [-0.2, 0) is 30.6 Å². The molecule has 2 aliphatic heterocycles. The number of fused-ring (bicyclic) bond motifs is 2. The fraction of sp³-hybridized carbons (Fsp3) is 0.371. The van der Waals surface area contributed by atoms with Crippen molar-refractivity contribution in [3.8, 4) is 56.3 Å². The molecular weight excluding hydrogens is 1840 g/mol. The number of halogens is 9.